The molecule has 3 rings (SSSR count). The Bertz CT molecular complexity index is 910. The van der Waals surface area contributed by atoms with Crippen LogP contribution < -0.4 is 0 Å². The van der Waals surface area contributed by atoms with E-state index in [1.165, 1.54) is 28.6 Å². The zero-order valence-electron chi connectivity index (χ0n) is 15.2. The summed E-state index contributed by atoms with van der Waals surface area (Å²) in [7, 11) is -3.63. The van der Waals surface area contributed by atoms with Gasteiger partial charge in [0.1, 0.15) is 0 Å². The molecule has 0 bridgehead atoms. The summed E-state index contributed by atoms with van der Waals surface area (Å²) in [5, 5.41) is 10.7. The molecule has 2 aromatic rings. The second kappa shape index (κ2) is 9.79. The maximum atomic E-state index is 12.7. The van der Waals surface area contributed by atoms with Crippen molar-refractivity contribution >= 4 is 34.2 Å². The van der Waals surface area contributed by atoms with Gasteiger partial charge in [0.2, 0.25) is 10.0 Å². The quantitative estimate of drug-likeness (QED) is 0.526. The molecule has 1 heterocycles. The molecule has 1 fully saturated rings. The van der Waals surface area contributed by atoms with E-state index in [-0.39, 0.29) is 23.0 Å². The van der Waals surface area contributed by atoms with Crippen molar-refractivity contribution in [3.8, 4) is 0 Å². The van der Waals surface area contributed by atoms with Gasteiger partial charge in [0.25, 0.3) is 5.69 Å². The van der Waals surface area contributed by atoms with E-state index in [0.717, 1.165) is 12.1 Å². The number of piperazine rings is 1. The van der Waals surface area contributed by atoms with Gasteiger partial charge >= 0.3 is 0 Å². The number of benzene rings is 2. The van der Waals surface area contributed by atoms with Crippen molar-refractivity contribution in [2.45, 2.75) is 4.90 Å². The van der Waals surface area contributed by atoms with E-state index in [2.05, 4.69) is 17.1 Å². The van der Waals surface area contributed by atoms with Crippen LogP contribution in [0.1, 0.15) is 5.56 Å². The molecular formula is C19H22ClN3O4S. The standard InChI is InChI=1S/C19H21N3O4S.ClH/c23-22(24)18-8-10-19(11-9-18)27(25,26)21-15-13-20(14-16-21)12-4-7-17-5-2-1-3-6-17;/h1-11H,12-16H2;1H/b7-4+;. The maximum absolute atomic E-state index is 12.7. The maximum Gasteiger partial charge on any atom is 0.269 e. The molecule has 1 saturated heterocycles. The van der Waals surface area contributed by atoms with Crippen LogP contribution in [0.2, 0.25) is 0 Å². The first kappa shape index (κ1) is 22.0. The largest absolute Gasteiger partial charge is 0.297 e. The summed E-state index contributed by atoms with van der Waals surface area (Å²) < 4.78 is 26.8. The van der Waals surface area contributed by atoms with Crippen LogP contribution in [0.25, 0.3) is 6.08 Å². The molecule has 0 radical (unpaired) electrons. The average molecular weight is 424 g/mol. The van der Waals surface area contributed by atoms with Crippen molar-refractivity contribution in [3.05, 3.63) is 76.4 Å². The molecule has 0 unspecified atom stereocenters. The van der Waals surface area contributed by atoms with Gasteiger partial charge in [-0.15, -0.1) is 12.4 Å². The Balaban J connectivity index is 0.00000280. The molecule has 7 nitrogen and oxygen atoms in total. The molecule has 1 aliphatic heterocycles. The number of halogens is 1. The molecule has 0 aromatic heterocycles. The second-order valence-electron chi connectivity index (χ2n) is 6.27. The number of hydrogen-bond donors (Lipinski definition) is 0. The van der Waals surface area contributed by atoms with Gasteiger partial charge in [0.15, 0.2) is 0 Å². The number of nitro benzene ring substituents is 1. The molecule has 150 valence electrons. The van der Waals surface area contributed by atoms with Crippen LogP contribution in [0.4, 0.5) is 5.69 Å². The van der Waals surface area contributed by atoms with Gasteiger partial charge in [0, 0.05) is 44.9 Å². The van der Waals surface area contributed by atoms with E-state index in [0.29, 0.717) is 26.2 Å². The Morgan fingerprint density at radius 3 is 2.14 bits per heavy atom. The number of rotatable bonds is 6. The SMILES string of the molecule is Cl.O=[N+]([O-])c1ccc(S(=O)(=O)N2CCN(C/C=C/c3ccccc3)CC2)cc1. The third-order valence-electron chi connectivity index (χ3n) is 4.49. The molecule has 0 amide bonds. The van der Waals surface area contributed by atoms with Gasteiger partial charge in [-0.3, -0.25) is 15.0 Å². The van der Waals surface area contributed by atoms with Crippen LogP contribution >= 0.6 is 12.4 Å². The van der Waals surface area contributed by atoms with E-state index < -0.39 is 14.9 Å². The topological polar surface area (TPSA) is 83.8 Å². The predicted molar refractivity (Wildman–Crippen MR) is 111 cm³/mol. The molecule has 9 heteroatoms. The summed E-state index contributed by atoms with van der Waals surface area (Å²) in [5.41, 5.74) is 1.01. The van der Waals surface area contributed by atoms with Gasteiger partial charge in [0.05, 0.1) is 9.82 Å². The number of nitrogens with zero attached hydrogens (tertiary/aromatic N) is 3. The molecule has 0 saturated carbocycles. The second-order valence-corrected chi connectivity index (χ2v) is 8.21. The van der Waals surface area contributed by atoms with Crippen LogP contribution in [-0.2, 0) is 10.0 Å². The number of non-ortho nitro benzene ring substituents is 1. The van der Waals surface area contributed by atoms with E-state index >= 15 is 0 Å². The summed E-state index contributed by atoms with van der Waals surface area (Å²) in [5.74, 6) is 0. The van der Waals surface area contributed by atoms with E-state index in [1.54, 1.807) is 0 Å². The molecule has 0 spiro atoms. The fraction of sp³-hybridized carbons (Fsp3) is 0.263. The summed E-state index contributed by atoms with van der Waals surface area (Å²) >= 11 is 0. The molecule has 1 aliphatic rings. The Morgan fingerprint density at radius 1 is 0.964 bits per heavy atom. The van der Waals surface area contributed by atoms with Crippen molar-refractivity contribution in [3.63, 3.8) is 0 Å². The van der Waals surface area contributed by atoms with Gasteiger partial charge in [-0.1, -0.05) is 42.5 Å². The van der Waals surface area contributed by atoms with Gasteiger partial charge in [-0.2, -0.15) is 4.31 Å². The minimum absolute atomic E-state index is 0. The smallest absolute Gasteiger partial charge is 0.269 e. The van der Waals surface area contributed by atoms with Crippen molar-refractivity contribution in [2.24, 2.45) is 0 Å². The fourth-order valence-electron chi connectivity index (χ4n) is 2.94. The van der Waals surface area contributed by atoms with Crippen molar-refractivity contribution < 1.29 is 13.3 Å². The third kappa shape index (κ3) is 5.39. The lowest BCUT2D eigenvalue weighted by Crippen LogP contribution is -2.48. The number of hydrogen-bond acceptors (Lipinski definition) is 5. The first-order valence-electron chi connectivity index (χ1n) is 8.65. The van der Waals surface area contributed by atoms with Crippen molar-refractivity contribution in [2.75, 3.05) is 32.7 Å². The highest BCUT2D eigenvalue weighted by Gasteiger charge is 2.28. The molecule has 0 N–H and O–H groups in total. The Morgan fingerprint density at radius 2 is 1.57 bits per heavy atom. The summed E-state index contributed by atoms with van der Waals surface area (Å²) in [6.07, 6.45) is 4.13. The Kier molecular flexibility index (Phi) is 7.70. The van der Waals surface area contributed by atoms with E-state index in [4.69, 9.17) is 0 Å². The van der Waals surface area contributed by atoms with Crippen LogP contribution in [0.3, 0.4) is 0 Å². The lowest BCUT2D eigenvalue weighted by molar-refractivity contribution is -0.384. The van der Waals surface area contributed by atoms with Gasteiger partial charge < -0.3 is 0 Å². The molecule has 28 heavy (non-hydrogen) atoms. The van der Waals surface area contributed by atoms with Crippen molar-refractivity contribution in [1.29, 1.82) is 0 Å². The van der Waals surface area contributed by atoms with Crippen LogP contribution in [-0.4, -0.2) is 55.3 Å². The summed E-state index contributed by atoms with van der Waals surface area (Å²) in [4.78, 5) is 12.5. The van der Waals surface area contributed by atoms with E-state index in [1.807, 2.05) is 30.3 Å². The lowest BCUT2D eigenvalue weighted by Gasteiger charge is -2.33. The molecule has 0 atom stereocenters. The van der Waals surface area contributed by atoms with Crippen molar-refractivity contribution in [1.82, 2.24) is 9.21 Å². The molecular weight excluding hydrogens is 402 g/mol. The van der Waals surface area contributed by atoms with Crippen LogP contribution in [0.15, 0.2) is 65.6 Å². The first-order valence-corrected chi connectivity index (χ1v) is 10.1. The minimum atomic E-state index is -3.63. The number of sulfonamides is 1. The summed E-state index contributed by atoms with van der Waals surface area (Å²) in [6.45, 7) is 2.86. The first-order chi connectivity index (χ1) is 13.0. The van der Waals surface area contributed by atoms with Crippen LogP contribution in [0, 0.1) is 10.1 Å². The van der Waals surface area contributed by atoms with Gasteiger partial charge in [-0.05, 0) is 17.7 Å². The predicted octanol–water partition coefficient (Wildman–Crippen LogP) is 3.04. The van der Waals surface area contributed by atoms with Gasteiger partial charge in [-0.25, -0.2) is 8.42 Å². The highest BCUT2D eigenvalue weighted by atomic mass is 35.5. The normalized spacial score (nSPS) is 16.0. The Labute approximate surface area is 170 Å². The third-order valence-corrected chi connectivity index (χ3v) is 6.40. The summed E-state index contributed by atoms with van der Waals surface area (Å²) in [6, 6.07) is 15.0. The fourth-order valence-corrected chi connectivity index (χ4v) is 4.37. The van der Waals surface area contributed by atoms with E-state index in [9.17, 15) is 18.5 Å². The van der Waals surface area contributed by atoms with Crippen LogP contribution in [0.5, 0.6) is 0 Å². The monoisotopic (exact) mass is 423 g/mol. The zero-order chi connectivity index (χ0) is 19.3. The molecule has 2 aromatic carbocycles. The number of nitro groups is 1. The highest BCUT2D eigenvalue weighted by Crippen LogP contribution is 2.20. The zero-order valence-corrected chi connectivity index (χ0v) is 16.8. The lowest BCUT2D eigenvalue weighted by atomic mass is 10.2. The highest BCUT2D eigenvalue weighted by molar-refractivity contribution is 7.89. The minimum Gasteiger partial charge on any atom is -0.297 e. The Hall–Kier alpha value is -2.26. The average Bonchev–Trinajstić information content (AvgIpc) is 2.69. The molecule has 0 aliphatic carbocycles.